The molecule has 5 heteroatoms. The van der Waals surface area contributed by atoms with Gasteiger partial charge in [0.05, 0.1) is 9.26 Å². The minimum atomic E-state index is 0.784. The van der Waals surface area contributed by atoms with E-state index in [4.69, 9.17) is 9.97 Å². The first-order valence-electron chi connectivity index (χ1n) is 7.13. The van der Waals surface area contributed by atoms with Crippen molar-refractivity contribution in [1.82, 2.24) is 9.97 Å². The summed E-state index contributed by atoms with van der Waals surface area (Å²) in [6, 6.07) is 6.25. The number of aryl methyl sites for hydroxylation is 2. The van der Waals surface area contributed by atoms with Crippen LogP contribution in [0.1, 0.15) is 31.5 Å². The predicted molar refractivity (Wildman–Crippen MR) is 101 cm³/mol. The van der Waals surface area contributed by atoms with Crippen molar-refractivity contribution in [2.45, 2.75) is 33.6 Å². The van der Waals surface area contributed by atoms with E-state index >= 15 is 0 Å². The molecule has 21 heavy (non-hydrogen) atoms. The van der Waals surface area contributed by atoms with Gasteiger partial charge >= 0.3 is 0 Å². The molecular formula is C16H19BrIN3. The van der Waals surface area contributed by atoms with Crippen LogP contribution >= 0.6 is 38.5 Å². The first-order valence-corrected chi connectivity index (χ1v) is 9.00. The Morgan fingerprint density at radius 1 is 1.24 bits per heavy atom. The van der Waals surface area contributed by atoms with Crippen molar-refractivity contribution in [2.24, 2.45) is 0 Å². The molecule has 1 aromatic carbocycles. The summed E-state index contributed by atoms with van der Waals surface area (Å²) in [5.74, 6) is 1.72. The molecule has 1 N–H and O–H groups in total. The maximum atomic E-state index is 4.72. The largest absolute Gasteiger partial charge is 0.369 e. The summed E-state index contributed by atoms with van der Waals surface area (Å²) in [4.78, 5) is 9.43. The Labute approximate surface area is 148 Å². The third kappa shape index (κ3) is 3.94. The van der Waals surface area contributed by atoms with Crippen LogP contribution in [0.2, 0.25) is 0 Å². The molecule has 0 aliphatic carbocycles. The van der Waals surface area contributed by atoms with E-state index in [1.807, 2.05) is 0 Å². The van der Waals surface area contributed by atoms with Gasteiger partial charge in [0.15, 0.2) is 5.82 Å². The van der Waals surface area contributed by atoms with Crippen LogP contribution in [0.3, 0.4) is 0 Å². The smallest absolute Gasteiger partial charge is 0.161 e. The van der Waals surface area contributed by atoms with E-state index in [1.54, 1.807) is 0 Å². The van der Waals surface area contributed by atoms with Gasteiger partial charge in [-0.25, -0.2) is 9.97 Å². The van der Waals surface area contributed by atoms with Gasteiger partial charge in [-0.3, -0.25) is 0 Å². The molecule has 0 amide bonds. The summed E-state index contributed by atoms with van der Waals surface area (Å²) < 4.78 is 2.21. The average molecular weight is 460 g/mol. The highest BCUT2D eigenvalue weighted by atomic mass is 127. The van der Waals surface area contributed by atoms with Crippen LogP contribution in [-0.2, 0) is 6.42 Å². The third-order valence-electron chi connectivity index (χ3n) is 3.23. The van der Waals surface area contributed by atoms with E-state index in [1.165, 1.54) is 5.56 Å². The molecule has 1 heterocycles. The first-order chi connectivity index (χ1) is 10.1. The number of hydrogen-bond donors (Lipinski definition) is 1. The van der Waals surface area contributed by atoms with Gasteiger partial charge in [-0.05, 0) is 54.0 Å². The van der Waals surface area contributed by atoms with Crippen LogP contribution in [0.25, 0.3) is 11.4 Å². The summed E-state index contributed by atoms with van der Waals surface area (Å²) in [7, 11) is 0. The first kappa shape index (κ1) is 16.7. The van der Waals surface area contributed by atoms with Crippen LogP contribution in [0.5, 0.6) is 0 Å². The topological polar surface area (TPSA) is 37.8 Å². The van der Waals surface area contributed by atoms with E-state index in [0.717, 1.165) is 50.3 Å². The fraction of sp³-hybridized carbons (Fsp3) is 0.375. The molecule has 0 bridgehead atoms. The molecule has 3 nitrogen and oxygen atoms in total. The van der Waals surface area contributed by atoms with Crippen LogP contribution in [0, 0.1) is 10.5 Å². The highest BCUT2D eigenvalue weighted by Gasteiger charge is 2.12. The van der Waals surface area contributed by atoms with Crippen molar-refractivity contribution in [3.05, 3.63) is 37.5 Å². The number of benzene rings is 1. The van der Waals surface area contributed by atoms with Gasteiger partial charge in [0.25, 0.3) is 0 Å². The van der Waals surface area contributed by atoms with Gasteiger partial charge in [0.2, 0.25) is 0 Å². The summed E-state index contributed by atoms with van der Waals surface area (Å²) in [6.07, 6.45) is 1.98. The second kappa shape index (κ2) is 7.54. The maximum absolute atomic E-state index is 4.72. The normalized spacial score (nSPS) is 10.7. The summed E-state index contributed by atoms with van der Waals surface area (Å²) in [6.45, 7) is 7.28. The van der Waals surface area contributed by atoms with Gasteiger partial charge in [-0.2, -0.15) is 0 Å². The van der Waals surface area contributed by atoms with E-state index in [-0.39, 0.29) is 0 Å². The van der Waals surface area contributed by atoms with Gasteiger partial charge < -0.3 is 5.32 Å². The quantitative estimate of drug-likeness (QED) is 0.624. The summed E-state index contributed by atoms with van der Waals surface area (Å²) in [5.41, 5.74) is 3.35. The number of hydrogen-bond acceptors (Lipinski definition) is 3. The number of nitrogens with one attached hydrogen (secondary N) is 1. The van der Waals surface area contributed by atoms with Crippen molar-refractivity contribution in [3.63, 3.8) is 0 Å². The molecule has 0 unspecified atom stereocenters. The monoisotopic (exact) mass is 459 g/mol. The lowest BCUT2D eigenvalue weighted by atomic mass is 10.1. The Morgan fingerprint density at radius 2 is 2.00 bits per heavy atom. The van der Waals surface area contributed by atoms with Crippen LogP contribution in [-0.4, -0.2) is 16.5 Å². The van der Waals surface area contributed by atoms with E-state index < -0.39 is 0 Å². The lowest BCUT2D eigenvalue weighted by molar-refractivity contribution is 0.943. The fourth-order valence-electron chi connectivity index (χ4n) is 1.95. The molecule has 1 aromatic heterocycles. The maximum Gasteiger partial charge on any atom is 0.161 e. The minimum Gasteiger partial charge on any atom is -0.369 e. The number of nitrogens with zero attached hydrogens (tertiary/aromatic N) is 2. The second-order valence-corrected chi connectivity index (χ2v) is 6.83. The molecule has 2 rings (SSSR count). The molecule has 0 fully saturated rings. The fourth-order valence-corrected chi connectivity index (χ4v) is 3.14. The van der Waals surface area contributed by atoms with Crippen molar-refractivity contribution < 1.29 is 0 Å². The molecule has 0 aliphatic heterocycles. The zero-order valence-electron chi connectivity index (χ0n) is 12.5. The minimum absolute atomic E-state index is 0.784. The van der Waals surface area contributed by atoms with Crippen molar-refractivity contribution >= 4 is 44.3 Å². The lowest BCUT2D eigenvalue weighted by Gasteiger charge is -2.12. The van der Waals surface area contributed by atoms with Crippen molar-refractivity contribution in [3.8, 4) is 11.4 Å². The number of halogens is 2. The average Bonchev–Trinajstić information content (AvgIpc) is 2.49. The van der Waals surface area contributed by atoms with Crippen LogP contribution in [0.15, 0.2) is 22.7 Å². The molecular weight excluding hydrogens is 441 g/mol. The molecule has 112 valence electrons. The van der Waals surface area contributed by atoms with Gasteiger partial charge in [-0.1, -0.05) is 41.9 Å². The van der Waals surface area contributed by atoms with Gasteiger partial charge in [-0.15, -0.1) is 0 Å². The Hall–Kier alpha value is -0.690. The van der Waals surface area contributed by atoms with Gasteiger partial charge in [0, 0.05) is 16.6 Å². The number of anilines is 1. The molecule has 0 radical (unpaired) electrons. The number of aromatic nitrogens is 2. The SMILES string of the molecule is CCCNc1nc(-c2ccc(C)c(Br)c2)nc(CC)c1I. The van der Waals surface area contributed by atoms with E-state index in [0.29, 0.717) is 0 Å². The molecule has 0 saturated heterocycles. The standard InChI is InChI=1S/C16H19BrIN3/c1-4-8-19-16-14(18)13(5-2)20-15(21-16)11-7-6-10(3)12(17)9-11/h6-7,9H,4-5,8H2,1-3H3,(H,19,20,21). The Bertz CT molecular complexity index is 644. The number of rotatable bonds is 5. The lowest BCUT2D eigenvalue weighted by Crippen LogP contribution is -2.08. The van der Waals surface area contributed by atoms with Crippen LogP contribution < -0.4 is 5.32 Å². The zero-order chi connectivity index (χ0) is 15.4. The third-order valence-corrected chi connectivity index (χ3v) is 5.22. The summed E-state index contributed by atoms with van der Waals surface area (Å²) in [5, 5.41) is 3.40. The molecule has 0 saturated carbocycles. The summed E-state index contributed by atoms with van der Waals surface area (Å²) >= 11 is 5.91. The highest BCUT2D eigenvalue weighted by Crippen LogP contribution is 2.27. The molecule has 0 atom stereocenters. The highest BCUT2D eigenvalue weighted by molar-refractivity contribution is 14.1. The zero-order valence-corrected chi connectivity index (χ0v) is 16.2. The Kier molecular flexibility index (Phi) is 5.98. The molecule has 0 spiro atoms. The van der Waals surface area contributed by atoms with E-state index in [9.17, 15) is 0 Å². The van der Waals surface area contributed by atoms with Crippen LogP contribution in [0.4, 0.5) is 5.82 Å². The van der Waals surface area contributed by atoms with Crippen molar-refractivity contribution in [2.75, 3.05) is 11.9 Å². The predicted octanol–water partition coefficient (Wildman–Crippen LogP) is 5.20. The molecule has 0 aliphatic rings. The van der Waals surface area contributed by atoms with E-state index in [2.05, 4.69) is 82.8 Å². The van der Waals surface area contributed by atoms with Crippen molar-refractivity contribution in [1.29, 1.82) is 0 Å². The Balaban J connectivity index is 2.49. The molecule has 2 aromatic rings. The Morgan fingerprint density at radius 3 is 2.62 bits per heavy atom. The second-order valence-electron chi connectivity index (χ2n) is 4.90. The van der Waals surface area contributed by atoms with Gasteiger partial charge in [0.1, 0.15) is 5.82 Å².